The highest BCUT2D eigenvalue weighted by molar-refractivity contribution is 6.60. The van der Waals surface area contributed by atoms with Gasteiger partial charge in [-0.05, 0) is 61.3 Å². The first-order valence-corrected chi connectivity index (χ1v) is 13.6. The average Bonchev–Trinajstić information content (AvgIpc) is 2.68. The van der Waals surface area contributed by atoms with Crippen molar-refractivity contribution in [1.29, 1.82) is 0 Å². The fraction of sp³-hybridized carbons (Fsp3) is 0.739. The molecule has 1 nitrogen and oxygen atoms in total. The molecule has 1 aliphatic carbocycles. The molecule has 1 saturated heterocycles. The lowest BCUT2D eigenvalue weighted by atomic mass is 9.85. The molecule has 0 spiro atoms. The van der Waals surface area contributed by atoms with Gasteiger partial charge in [-0.15, -0.1) is 13.2 Å². The van der Waals surface area contributed by atoms with Gasteiger partial charge in [0.25, 0.3) is 0 Å². The van der Waals surface area contributed by atoms with Gasteiger partial charge in [-0.3, -0.25) is 0 Å². The van der Waals surface area contributed by atoms with Crippen molar-refractivity contribution in [3.63, 3.8) is 0 Å². The number of ether oxygens (including phenoxy) is 1. The van der Waals surface area contributed by atoms with Crippen LogP contribution in [0.25, 0.3) is 0 Å². The van der Waals surface area contributed by atoms with E-state index in [1.165, 1.54) is 69.2 Å². The summed E-state index contributed by atoms with van der Waals surface area (Å²) in [4.78, 5) is 0. The van der Waals surface area contributed by atoms with Gasteiger partial charge in [0, 0.05) is 8.80 Å². The van der Waals surface area contributed by atoms with Crippen LogP contribution in [0.4, 0.5) is 17.6 Å². The number of halogens is 4. The van der Waals surface area contributed by atoms with E-state index in [0.717, 1.165) is 23.4 Å². The summed E-state index contributed by atoms with van der Waals surface area (Å²) in [6.45, 7) is 1.66. The van der Waals surface area contributed by atoms with Crippen LogP contribution in [-0.4, -0.2) is 21.3 Å². The van der Waals surface area contributed by atoms with Gasteiger partial charge in [0.15, 0.2) is 0 Å². The molecule has 0 radical (unpaired) electrons. The van der Waals surface area contributed by atoms with Crippen LogP contribution in [0.5, 0.6) is 5.75 Å². The summed E-state index contributed by atoms with van der Waals surface area (Å²) in [5.74, 6) is 1.16. The summed E-state index contributed by atoms with van der Waals surface area (Å²) in [5, 5.41) is 0. The molecule has 0 aromatic heterocycles. The van der Waals surface area contributed by atoms with Crippen LogP contribution in [0.3, 0.4) is 0 Å². The summed E-state index contributed by atoms with van der Waals surface area (Å²) >= 11 is 0. The van der Waals surface area contributed by atoms with Gasteiger partial charge >= 0.3 is 6.36 Å². The standard InChI is InChI=1S/C23H34F4OSi/c1-17(24)3-2-4-18-5-11-22(12-6-18)29-15-13-20(14-16-29)19-7-9-21(10-8-19)28-23(25,26)27/h7-10,17-18,20,22,29H,2-6,11-16H2,1H3/t17?,18-,20?,22-,29?. The molecule has 1 saturated carbocycles. The van der Waals surface area contributed by atoms with Crippen molar-refractivity contribution in [1.82, 2.24) is 0 Å². The first kappa shape index (κ1) is 22.6. The third kappa shape index (κ3) is 7.30. The van der Waals surface area contributed by atoms with Gasteiger partial charge in [-0.2, -0.15) is 0 Å². The molecule has 0 N–H and O–H groups in total. The molecular formula is C23H34F4OSi. The van der Waals surface area contributed by atoms with Crippen LogP contribution in [0.15, 0.2) is 24.3 Å². The summed E-state index contributed by atoms with van der Waals surface area (Å²) in [7, 11) is -0.712. The second kappa shape index (κ2) is 10.3. The second-order valence-electron chi connectivity index (χ2n) is 9.22. The Balaban J connectivity index is 1.39. The second-order valence-corrected chi connectivity index (χ2v) is 12.8. The zero-order chi connectivity index (χ0) is 20.9. The normalized spacial score (nSPS) is 29.4. The number of rotatable bonds is 7. The van der Waals surface area contributed by atoms with E-state index < -0.39 is 21.3 Å². The van der Waals surface area contributed by atoms with Gasteiger partial charge in [0.2, 0.25) is 0 Å². The largest absolute Gasteiger partial charge is 0.573 e. The molecule has 2 fully saturated rings. The average molecular weight is 431 g/mol. The smallest absolute Gasteiger partial charge is 0.406 e. The highest BCUT2D eigenvalue weighted by Crippen LogP contribution is 2.44. The molecule has 6 heteroatoms. The highest BCUT2D eigenvalue weighted by Gasteiger charge is 2.33. The third-order valence-corrected chi connectivity index (χ3v) is 11.3. The van der Waals surface area contributed by atoms with Crippen LogP contribution >= 0.6 is 0 Å². The maximum atomic E-state index is 13.0. The highest BCUT2D eigenvalue weighted by atomic mass is 28.3. The van der Waals surface area contributed by atoms with E-state index in [-0.39, 0.29) is 5.75 Å². The van der Waals surface area contributed by atoms with Crippen molar-refractivity contribution in [2.45, 2.75) is 101 Å². The lowest BCUT2D eigenvalue weighted by Crippen LogP contribution is -2.29. The number of benzene rings is 1. The first-order valence-electron chi connectivity index (χ1n) is 11.3. The van der Waals surface area contributed by atoms with Crippen LogP contribution in [-0.2, 0) is 0 Å². The fourth-order valence-electron chi connectivity index (χ4n) is 5.50. The summed E-state index contributed by atoms with van der Waals surface area (Å²) < 4.78 is 53.8. The van der Waals surface area contributed by atoms with Crippen LogP contribution in [0, 0.1) is 5.92 Å². The van der Waals surface area contributed by atoms with Gasteiger partial charge in [0.1, 0.15) is 5.75 Å². The molecule has 1 heterocycles. The molecule has 2 aliphatic rings. The zero-order valence-electron chi connectivity index (χ0n) is 17.4. The predicted molar refractivity (Wildman–Crippen MR) is 112 cm³/mol. The third-order valence-electron chi connectivity index (χ3n) is 7.13. The molecule has 1 unspecified atom stereocenters. The minimum Gasteiger partial charge on any atom is -0.406 e. The van der Waals surface area contributed by atoms with E-state index >= 15 is 0 Å². The van der Waals surface area contributed by atoms with E-state index in [1.54, 1.807) is 19.1 Å². The lowest BCUT2D eigenvalue weighted by Gasteiger charge is -2.37. The molecule has 1 aliphatic heterocycles. The molecule has 0 bridgehead atoms. The Morgan fingerprint density at radius 3 is 2.17 bits per heavy atom. The Morgan fingerprint density at radius 1 is 1.00 bits per heavy atom. The first-order chi connectivity index (χ1) is 13.8. The Kier molecular flexibility index (Phi) is 8.05. The van der Waals surface area contributed by atoms with Crippen molar-refractivity contribution >= 4 is 8.80 Å². The Bertz CT molecular complexity index is 600. The van der Waals surface area contributed by atoms with Crippen molar-refractivity contribution < 1.29 is 22.3 Å². The van der Waals surface area contributed by atoms with Crippen molar-refractivity contribution in [3.8, 4) is 5.75 Å². The number of hydrogen-bond donors (Lipinski definition) is 0. The van der Waals surface area contributed by atoms with Gasteiger partial charge in [-0.1, -0.05) is 62.7 Å². The van der Waals surface area contributed by atoms with E-state index in [9.17, 15) is 17.6 Å². The minimum atomic E-state index is -4.63. The Labute approximate surface area is 173 Å². The van der Waals surface area contributed by atoms with Gasteiger partial charge < -0.3 is 4.74 Å². The zero-order valence-corrected chi connectivity index (χ0v) is 18.5. The fourth-order valence-corrected chi connectivity index (χ4v) is 9.72. The van der Waals surface area contributed by atoms with E-state index in [4.69, 9.17) is 0 Å². The van der Waals surface area contributed by atoms with E-state index in [2.05, 4.69) is 4.74 Å². The Hall–Kier alpha value is -1.04. The van der Waals surface area contributed by atoms with Gasteiger partial charge in [-0.25, -0.2) is 4.39 Å². The summed E-state index contributed by atoms with van der Waals surface area (Å²) in [5.41, 5.74) is 2.12. The summed E-state index contributed by atoms with van der Waals surface area (Å²) in [6, 6.07) is 9.21. The predicted octanol–water partition coefficient (Wildman–Crippen LogP) is 7.78. The number of alkyl halides is 4. The SMILES string of the molecule is CC(F)CCC[C@H]1CC[C@H]([SiH]2CCC(c3ccc(OC(F)(F)F)cc3)CC2)CC1. The minimum absolute atomic E-state index is 0.137. The summed E-state index contributed by atoms with van der Waals surface area (Å²) in [6.07, 6.45) is 5.43. The lowest BCUT2D eigenvalue weighted by molar-refractivity contribution is -0.274. The molecular weight excluding hydrogens is 396 g/mol. The quantitative estimate of drug-likeness (QED) is 0.317. The molecule has 1 atom stereocenters. The van der Waals surface area contributed by atoms with Crippen molar-refractivity contribution in [2.75, 3.05) is 0 Å². The molecule has 3 rings (SSSR count). The molecule has 164 valence electrons. The Morgan fingerprint density at radius 2 is 1.62 bits per heavy atom. The van der Waals surface area contributed by atoms with Crippen LogP contribution < -0.4 is 4.74 Å². The maximum Gasteiger partial charge on any atom is 0.573 e. The topological polar surface area (TPSA) is 9.23 Å². The molecule has 1 aromatic carbocycles. The molecule has 0 amide bonds. The monoisotopic (exact) mass is 430 g/mol. The molecule has 29 heavy (non-hydrogen) atoms. The molecule has 1 aromatic rings. The van der Waals surface area contributed by atoms with E-state index in [0.29, 0.717) is 12.3 Å². The maximum absolute atomic E-state index is 13.0. The number of hydrogen-bond acceptors (Lipinski definition) is 1. The van der Waals surface area contributed by atoms with Gasteiger partial charge in [0.05, 0.1) is 6.17 Å². The van der Waals surface area contributed by atoms with Crippen molar-refractivity contribution in [3.05, 3.63) is 29.8 Å². The van der Waals surface area contributed by atoms with Crippen LogP contribution in [0.1, 0.15) is 76.2 Å². The van der Waals surface area contributed by atoms with E-state index in [1.807, 2.05) is 0 Å². The van der Waals surface area contributed by atoms with Crippen LogP contribution in [0.2, 0.25) is 17.6 Å². The van der Waals surface area contributed by atoms with Crippen molar-refractivity contribution in [2.24, 2.45) is 5.92 Å².